The number of rotatable bonds is 9. The second-order valence-electron chi connectivity index (χ2n) is 7.18. The first-order chi connectivity index (χ1) is 15.9. The van der Waals surface area contributed by atoms with Gasteiger partial charge in [-0.25, -0.2) is 0 Å². The lowest BCUT2D eigenvalue weighted by Gasteiger charge is -2.25. The molecule has 0 aromatic heterocycles. The second kappa shape index (κ2) is 10.6. The van der Waals surface area contributed by atoms with Crippen LogP contribution < -0.4 is 14.2 Å². The van der Waals surface area contributed by atoms with Crippen molar-refractivity contribution in [2.45, 2.75) is 13.0 Å². The van der Waals surface area contributed by atoms with Gasteiger partial charge in [0.05, 0.1) is 44.1 Å². The van der Waals surface area contributed by atoms with E-state index in [0.717, 1.165) is 0 Å². The smallest absolute Gasteiger partial charge is 0.295 e. The fraction of sp³-hybridized carbons (Fsp3) is 0.333. The SMILES string of the molecule is CCOc1cc(/C(O)=C2/C(=O)C(=O)N(CCOC)C2c2ccc(OC)c(OC)c2)ccc1Cl. The number of carbonyl (C=O) groups is 2. The third kappa shape index (κ3) is 4.77. The van der Waals surface area contributed by atoms with E-state index < -0.39 is 17.7 Å². The summed E-state index contributed by atoms with van der Waals surface area (Å²) in [5.74, 6) is -0.569. The first-order valence-electron chi connectivity index (χ1n) is 10.3. The van der Waals surface area contributed by atoms with Gasteiger partial charge in [0.2, 0.25) is 0 Å². The molecule has 2 aromatic carbocycles. The number of nitrogens with zero attached hydrogens (tertiary/aromatic N) is 1. The van der Waals surface area contributed by atoms with Gasteiger partial charge in [0.1, 0.15) is 11.5 Å². The number of amides is 1. The molecule has 1 aliphatic heterocycles. The van der Waals surface area contributed by atoms with Crippen LogP contribution in [0.1, 0.15) is 24.1 Å². The number of benzene rings is 2. The molecule has 0 spiro atoms. The summed E-state index contributed by atoms with van der Waals surface area (Å²) in [4.78, 5) is 27.4. The number of carbonyl (C=O) groups excluding carboxylic acids is 2. The number of Topliss-reactive ketones (excluding diaryl/α,β-unsaturated/α-hetero) is 1. The van der Waals surface area contributed by atoms with Gasteiger partial charge >= 0.3 is 0 Å². The van der Waals surface area contributed by atoms with E-state index in [1.807, 2.05) is 0 Å². The Kier molecular flexibility index (Phi) is 7.84. The molecule has 1 fully saturated rings. The van der Waals surface area contributed by atoms with Crippen LogP contribution in [-0.4, -0.2) is 62.8 Å². The Labute approximate surface area is 197 Å². The van der Waals surface area contributed by atoms with Crippen LogP contribution in [0.25, 0.3) is 5.76 Å². The summed E-state index contributed by atoms with van der Waals surface area (Å²) in [5, 5.41) is 11.6. The fourth-order valence-corrected chi connectivity index (χ4v) is 3.91. The van der Waals surface area contributed by atoms with Crippen molar-refractivity contribution >= 4 is 29.1 Å². The maximum atomic E-state index is 13.1. The lowest BCUT2D eigenvalue weighted by molar-refractivity contribution is -0.140. The number of aliphatic hydroxyl groups is 1. The summed E-state index contributed by atoms with van der Waals surface area (Å²) < 4.78 is 21.3. The molecule has 3 rings (SSSR count). The molecular weight excluding hydrogens is 450 g/mol. The van der Waals surface area contributed by atoms with E-state index in [1.54, 1.807) is 37.3 Å². The summed E-state index contributed by atoms with van der Waals surface area (Å²) in [6.45, 7) is 2.55. The van der Waals surface area contributed by atoms with Gasteiger partial charge < -0.3 is 29.0 Å². The molecule has 1 N–H and O–H groups in total. The Hall–Kier alpha value is -3.23. The van der Waals surface area contributed by atoms with E-state index in [-0.39, 0.29) is 24.5 Å². The minimum absolute atomic E-state index is 0.0481. The molecule has 1 heterocycles. The van der Waals surface area contributed by atoms with E-state index in [1.165, 1.54) is 32.3 Å². The Morgan fingerprint density at radius 2 is 1.76 bits per heavy atom. The minimum Gasteiger partial charge on any atom is -0.507 e. The summed E-state index contributed by atoms with van der Waals surface area (Å²) >= 11 is 6.17. The van der Waals surface area contributed by atoms with Crippen LogP contribution in [-0.2, 0) is 14.3 Å². The number of likely N-dealkylation sites (tertiary alicyclic amines) is 1. The molecular formula is C24H26ClNO7. The Morgan fingerprint density at radius 1 is 1.03 bits per heavy atom. The lowest BCUT2D eigenvalue weighted by atomic mass is 9.95. The van der Waals surface area contributed by atoms with E-state index in [4.69, 9.17) is 30.5 Å². The highest BCUT2D eigenvalue weighted by Gasteiger charge is 2.46. The summed E-state index contributed by atoms with van der Waals surface area (Å²) in [6.07, 6.45) is 0. The van der Waals surface area contributed by atoms with Crippen molar-refractivity contribution < 1.29 is 33.6 Å². The number of halogens is 1. The number of ether oxygens (including phenoxy) is 4. The number of aliphatic hydroxyl groups excluding tert-OH is 1. The highest BCUT2D eigenvalue weighted by molar-refractivity contribution is 6.46. The van der Waals surface area contributed by atoms with Crippen LogP contribution in [0.15, 0.2) is 42.0 Å². The number of ketones is 1. The van der Waals surface area contributed by atoms with E-state index in [9.17, 15) is 14.7 Å². The Morgan fingerprint density at radius 3 is 2.39 bits per heavy atom. The first-order valence-corrected chi connectivity index (χ1v) is 10.7. The Balaban J connectivity index is 2.20. The van der Waals surface area contributed by atoms with Crippen molar-refractivity contribution in [3.8, 4) is 17.2 Å². The van der Waals surface area contributed by atoms with Crippen LogP contribution >= 0.6 is 11.6 Å². The maximum Gasteiger partial charge on any atom is 0.295 e. The van der Waals surface area contributed by atoms with Crippen LogP contribution in [0.4, 0.5) is 0 Å². The van der Waals surface area contributed by atoms with E-state index in [0.29, 0.717) is 40.0 Å². The molecule has 0 aliphatic carbocycles. The fourth-order valence-electron chi connectivity index (χ4n) is 3.74. The zero-order valence-corrected chi connectivity index (χ0v) is 19.6. The van der Waals surface area contributed by atoms with Gasteiger partial charge in [-0.3, -0.25) is 9.59 Å². The minimum atomic E-state index is -0.855. The largest absolute Gasteiger partial charge is 0.507 e. The molecule has 33 heavy (non-hydrogen) atoms. The third-order valence-electron chi connectivity index (χ3n) is 5.30. The van der Waals surface area contributed by atoms with E-state index >= 15 is 0 Å². The third-order valence-corrected chi connectivity index (χ3v) is 5.62. The molecule has 1 atom stereocenters. The van der Waals surface area contributed by atoms with Crippen LogP contribution in [0, 0.1) is 0 Å². The van der Waals surface area contributed by atoms with Crippen molar-refractivity contribution in [3.05, 3.63) is 58.1 Å². The molecule has 1 aliphatic rings. The van der Waals surface area contributed by atoms with Crippen molar-refractivity contribution in [2.75, 3.05) is 41.1 Å². The zero-order valence-electron chi connectivity index (χ0n) is 18.9. The molecule has 0 saturated carbocycles. The zero-order chi connectivity index (χ0) is 24.1. The van der Waals surface area contributed by atoms with Crippen molar-refractivity contribution in [1.82, 2.24) is 4.90 Å². The standard InChI is InChI=1S/C24H26ClNO7/c1-5-33-18-13-15(6-8-16(18)25)22(27)20-21(26(10-11-30-2)24(29)23(20)28)14-7-9-17(31-3)19(12-14)32-4/h6-9,12-13,21,27H,5,10-11H2,1-4H3/b22-20-. The molecule has 9 heteroatoms. The van der Waals surface area contributed by atoms with Crippen LogP contribution in [0.3, 0.4) is 0 Å². The molecule has 2 aromatic rings. The van der Waals surface area contributed by atoms with Gasteiger partial charge in [0.15, 0.2) is 11.5 Å². The average molecular weight is 476 g/mol. The van der Waals surface area contributed by atoms with Gasteiger partial charge in [-0.15, -0.1) is 0 Å². The molecule has 1 amide bonds. The van der Waals surface area contributed by atoms with Crippen molar-refractivity contribution in [2.24, 2.45) is 0 Å². The highest BCUT2D eigenvalue weighted by atomic mass is 35.5. The summed E-state index contributed by atoms with van der Waals surface area (Å²) in [5.41, 5.74) is 0.828. The molecule has 176 valence electrons. The quantitative estimate of drug-likeness (QED) is 0.334. The van der Waals surface area contributed by atoms with E-state index in [2.05, 4.69) is 0 Å². The monoisotopic (exact) mass is 475 g/mol. The lowest BCUT2D eigenvalue weighted by Crippen LogP contribution is -2.32. The predicted molar refractivity (Wildman–Crippen MR) is 123 cm³/mol. The number of methoxy groups -OCH3 is 3. The normalized spacial score (nSPS) is 17.4. The van der Waals surface area contributed by atoms with Gasteiger partial charge in [-0.05, 0) is 42.8 Å². The number of hydrogen-bond acceptors (Lipinski definition) is 7. The predicted octanol–water partition coefficient (Wildman–Crippen LogP) is 3.82. The molecule has 8 nitrogen and oxygen atoms in total. The molecule has 1 unspecified atom stereocenters. The van der Waals surface area contributed by atoms with Crippen molar-refractivity contribution in [1.29, 1.82) is 0 Å². The highest BCUT2D eigenvalue weighted by Crippen LogP contribution is 2.42. The maximum absolute atomic E-state index is 13.1. The summed E-state index contributed by atoms with van der Waals surface area (Å²) in [6, 6.07) is 8.89. The second-order valence-corrected chi connectivity index (χ2v) is 7.59. The Bertz CT molecular complexity index is 1080. The number of hydrogen-bond donors (Lipinski definition) is 1. The molecule has 0 radical (unpaired) electrons. The van der Waals surface area contributed by atoms with Gasteiger partial charge in [0.25, 0.3) is 11.7 Å². The molecule has 0 bridgehead atoms. The first kappa shape index (κ1) is 24.4. The van der Waals surface area contributed by atoms with Crippen LogP contribution in [0.2, 0.25) is 5.02 Å². The molecule has 1 saturated heterocycles. The van der Waals surface area contributed by atoms with Crippen LogP contribution in [0.5, 0.6) is 17.2 Å². The van der Waals surface area contributed by atoms with Crippen molar-refractivity contribution in [3.63, 3.8) is 0 Å². The topological polar surface area (TPSA) is 94.5 Å². The van der Waals surface area contributed by atoms with Gasteiger partial charge in [0, 0.05) is 19.2 Å². The summed E-state index contributed by atoms with van der Waals surface area (Å²) in [7, 11) is 4.51. The van der Waals surface area contributed by atoms with Gasteiger partial charge in [-0.2, -0.15) is 0 Å². The van der Waals surface area contributed by atoms with Gasteiger partial charge in [-0.1, -0.05) is 17.7 Å². The average Bonchev–Trinajstić information content (AvgIpc) is 3.08.